The van der Waals surface area contributed by atoms with E-state index in [9.17, 15) is 9.65 Å². The fourth-order valence-electron chi connectivity index (χ4n) is 2.85. The van der Waals surface area contributed by atoms with Gasteiger partial charge in [-0.1, -0.05) is 49.2 Å². The van der Waals surface area contributed by atoms with E-state index in [4.69, 9.17) is 4.98 Å². The van der Waals surface area contributed by atoms with Crippen molar-refractivity contribution in [3.05, 3.63) is 59.5 Å². The topological polar surface area (TPSA) is 36.7 Å². The molecule has 138 valence electrons. The zero-order valence-electron chi connectivity index (χ0n) is 15.0. The van der Waals surface area contributed by atoms with E-state index in [2.05, 4.69) is 12.1 Å². The highest BCUT2D eigenvalue weighted by atomic mass is 32.2. The Labute approximate surface area is 168 Å². The van der Waals surface area contributed by atoms with Crippen LogP contribution in [0.5, 0.6) is 0 Å². The molecule has 0 saturated heterocycles. The number of thiophene rings is 1. The average Bonchev–Trinajstić information content (AvgIpc) is 3.25. The van der Waals surface area contributed by atoms with E-state index in [-0.39, 0.29) is 6.67 Å². The molecular weight excluding hydrogens is 375 g/mol. The Bertz CT molecular complexity index is 887. The van der Waals surface area contributed by atoms with Crippen LogP contribution < -0.4 is 0 Å². The minimum atomic E-state index is -0.240. The van der Waals surface area contributed by atoms with Crippen LogP contribution >= 0.6 is 23.1 Å². The molecule has 2 heterocycles. The number of thioether (sulfide) groups is 1. The average molecular weight is 397 g/mol. The van der Waals surface area contributed by atoms with Crippen LogP contribution in [0.4, 0.5) is 4.39 Å². The lowest BCUT2D eigenvalue weighted by atomic mass is 10.0. The molecule has 3 rings (SSSR count). The summed E-state index contributed by atoms with van der Waals surface area (Å²) in [5.74, 6) is 0.885. The molecule has 0 unspecified atom stereocenters. The number of hydrogen-bond acceptors (Lipinski definition) is 4. The van der Waals surface area contributed by atoms with Gasteiger partial charge in [0, 0.05) is 5.56 Å². The normalized spacial score (nSPS) is 10.7. The van der Waals surface area contributed by atoms with Gasteiger partial charge in [-0.25, -0.2) is 4.98 Å². The van der Waals surface area contributed by atoms with Crippen molar-refractivity contribution >= 4 is 23.1 Å². The number of halogens is 1. The molecule has 0 aliphatic rings. The van der Waals surface area contributed by atoms with Gasteiger partial charge in [0.2, 0.25) is 0 Å². The van der Waals surface area contributed by atoms with Crippen molar-refractivity contribution in [2.24, 2.45) is 0 Å². The summed E-state index contributed by atoms with van der Waals surface area (Å²) in [7, 11) is 0. The smallest absolute Gasteiger partial charge is 0.115 e. The van der Waals surface area contributed by atoms with Gasteiger partial charge in [-0.15, -0.1) is 23.1 Å². The Hall–Kier alpha value is -2.16. The molecule has 0 aliphatic heterocycles. The summed E-state index contributed by atoms with van der Waals surface area (Å²) in [6.07, 6.45) is 3.56. The lowest BCUT2D eigenvalue weighted by Crippen LogP contribution is -1.96. The maximum Gasteiger partial charge on any atom is 0.115 e. The van der Waals surface area contributed by atoms with Crippen LogP contribution in [0.25, 0.3) is 21.7 Å². The second-order valence-corrected chi connectivity index (χ2v) is 8.17. The predicted octanol–water partition coefficient (Wildman–Crippen LogP) is 6.97. The molecular formula is C22H21FN2S2. The number of benzene rings is 1. The molecule has 2 nitrogen and oxygen atoms in total. The predicted molar refractivity (Wildman–Crippen MR) is 113 cm³/mol. The Kier molecular flexibility index (Phi) is 7.44. The molecule has 3 aromatic rings. The van der Waals surface area contributed by atoms with Gasteiger partial charge in [0.1, 0.15) is 11.1 Å². The molecule has 0 amide bonds. The zero-order chi connectivity index (χ0) is 18.9. The number of aromatic nitrogens is 1. The molecule has 0 atom stereocenters. The van der Waals surface area contributed by atoms with Crippen LogP contribution in [0.1, 0.15) is 31.2 Å². The molecule has 0 saturated carbocycles. The first kappa shape index (κ1) is 19.6. The highest BCUT2D eigenvalue weighted by molar-refractivity contribution is 7.99. The molecule has 0 bridgehead atoms. The first-order chi connectivity index (χ1) is 13.3. The van der Waals surface area contributed by atoms with E-state index >= 15 is 0 Å². The third kappa shape index (κ3) is 5.18. The van der Waals surface area contributed by atoms with Crippen molar-refractivity contribution in [1.29, 1.82) is 5.26 Å². The Balaban J connectivity index is 1.91. The standard InChI is InChI=1S/C22H21FN2S2/c23-12-6-1-2-7-13-27-22-19(16-24)18(17-9-4-3-5-10-17)15-20(25-22)21-11-8-14-26-21/h3-5,8-11,14-15H,1-2,6-7,12-13H2. The minimum absolute atomic E-state index is 0.240. The summed E-state index contributed by atoms with van der Waals surface area (Å²) >= 11 is 3.28. The van der Waals surface area contributed by atoms with E-state index in [1.165, 1.54) is 0 Å². The monoisotopic (exact) mass is 396 g/mol. The van der Waals surface area contributed by atoms with Gasteiger partial charge >= 0.3 is 0 Å². The van der Waals surface area contributed by atoms with Crippen LogP contribution in [0, 0.1) is 11.3 Å². The van der Waals surface area contributed by atoms with Crippen LogP contribution in [0.15, 0.2) is 58.9 Å². The largest absolute Gasteiger partial charge is 0.251 e. The first-order valence-corrected chi connectivity index (χ1v) is 10.9. The first-order valence-electron chi connectivity index (χ1n) is 9.06. The van der Waals surface area contributed by atoms with Crippen LogP contribution in [-0.2, 0) is 0 Å². The van der Waals surface area contributed by atoms with Gasteiger partial charge in [0.15, 0.2) is 0 Å². The summed E-state index contributed by atoms with van der Waals surface area (Å²) in [6, 6.07) is 18.5. The van der Waals surface area contributed by atoms with Gasteiger partial charge in [-0.05, 0) is 41.7 Å². The fraction of sp³-hybridized carbons (Fsp3) is 0.273. The molecule has 5 heteroatoms. The van der Waals surface area contributed by atoms with E-state index in [0.29, 0.717) is 12.0 Å². The van der Waals surface area contributed by atoms with Crippen molar-refractivity contribution in [3.8, 4) is 27.8 Å². The van der Waals surface area contributed by atoms with E-state index < -0.39 is 0 Å². The maximum atomic E-state index is 12.2. The van der Waals surface area contributed by atoms with Gasteiger partial charge in [-0.3, -0.25) is 4.39 Å². The van der Waals surface area contributed by atoms with E-state index in [1.54, 1.807) is 23.1 Å². The van der Waals surface area contributed by atoms with E-state index in [0.717, 1.165) is 51.7 Å². The van der Waals surface area contributed by atoms with Crippen LogP contribution in [0.3, 0.4) is 0 Å². The van der Waals surface area contributed by atoms with Gasteiger partial charge < -0.3 is 0 Å². The molecule has 0 N–H and O–H groups in total. The van der Waals surface area contributed by atoms with Crippen LogP contribution in [-0.4, -0.2) is 17.4 Å². The van der Waals surface area contributed by atoms with Gasteiger partial charge in [0.25, 0.3) is 0 Å². The Morgan fingerprint density at radius 2 is 1.85 bits per heavy atom. The molecule has 0 fully saturated rings. The number of alkyl halides is 1. The Morgan fingerprint density at radius 3 is 2.56 bits per heavy atom. The van der Waals surface area contributed by atoms with Crippen molar-refractivity contribution in [1.82, 2.24) is 4.98 Å². The SMILES string of the molecule is N#Cc1c(-c2ccccc2)cc(-c2cccs2)nc1SCCCCCCF. The molecule has 0 radical (unpaired) electrons. The maximum absolute atomic E-state index is 12.2. The summed E-state index contributed by atoms with van der Waals surface area (Å²) in [5.41, 5.74) is 3.49. The third-order valence-electron chi connectivity index (χ3n) is 4.22. The molecule has 2 aromatic heterocycles. The van der Waals surface area contributed by atoms with Gasteiger partial charge in [0.05, 0.1) is 22.8 Å². The number of unbranched alkanes of at least 4 members (excludes halogenated alkanes) is 3. The van der Waals surface area contributed by atoms with Crippen molar-refractivity contribution < 1.29 is 4.39 Å². The van der Waals surface area contributed by atoms with Crippen molar-refractivity contribution in [2.75, 3.05) is 12.4 Å². The summed E-state index contributed by atoms with van der Waals surface area (Å²) in [4.78, 5) is 5.90. The number of hydrogen-bond donors (Lipinski definition) is 0. The van der Waals surface area contributed by atoms with Crippen molar-refractivity contribution in [3.63, 3.8) is 0 Å². The molecule has 0 aliphatic carbocycles. The second-order valence-electron chi connectivity index (χ2n) is 6.14. The molecule has 0 spiro atoms. The molecule has 1 aromatic carbocycles. The highest BCUT2D eigenvalue weighted by Crippen LogP contribution is 2.35. The van der Waals surface area contributed by atoms with Crippen LogP contribution in [0.2, 0.25) is 0 Å². The van der Waals surface area contributed by atoms with Crippen molar-refractivity contribution in [2.45, 2.75) is 30.7 Å². The van der Waals surface area contributed by atoms with Gasteiger partial charge in [-0.2, -0.15) is 5.26 Å². The minimum Gasteiger partial charge on any atom is -0.251 e. The third-order valence-corrected chi connectivity index (χ3v) is 6.18. The lowest BCUT2D eigenvalue weighted by Gasteiger charge is -2.12. The number of rotatable bonds is 9. The second kappa shape index (κ2) is 10.2. The Morgan fingerprint density at radius 1 is 1.04 bits per heavy atom. The zero-order valence-corrected chi connectivity index (χ0v) is 16.7. The lowest BCUT2D eigenvalue weighted by molar-refractivity contribution is 0.455. The van der Waals surface area contributed by atoms with E-state index in [1.807, 2.05) is 47.8 Å². The molecule has 27 heavy (non-hydrogen) atoms. The summed E-state index contributed by atoms with van der Waals surface area (Å²) in [5, 5.41) is 12.6. The number of nitriles is 1. The number of pyridine rings is 1. The number of nitrogens with zero attached hydrogens (tertiary/aromatic N) is 2. The fourth-order valence-corrected chi connectivity index (χ4v) is 4.54. The summed E-state index contributed by atoms with van der Waals surface area (Å²) in [6.45, 7) is -0.240. The summed E-state index contributed by atoms with van der Waals surface area (Å²) < 4.78 is 12.2. The highest BCUT2D eigenvalue weighted by Gasteiger charge is 2.16. The quantitative estimate of drug-likeness (QED) is 0.289.